The average Bonchev–Trinajstić information content (AvgIpc) is 3.17. The van der Waals surface area contributed by atoms with E-state index >= 15 is 0 Å². The highest BCUT2D eigenvalue weighted by atomic mass is 32.2. The molecule has 0 radical (unpaired) electrons. The minimum absolute atomic E-state index is 0.0305. The molecule has 0 aromatic heterocycles. The van der Waals surface area contributed by atoms with Crippen molar-refractivity contribution in [2.24, 2.45) is 5.41 Å². The van der Waals surface area contributed by atoms with Crippen molar-refractivity contribution in [3.8, 4) is 0 Å². The minimum atomic E-state index is -3.29. The molecule has 0 aromatic carbocycles. The first-order valence-electron chi connectivity index (χ1n) is 8.96. The fourth-order valence-electron chi connectivity index (χ4n) is 4.33. The van der Waals surface area contributed by atoms with Crippen LogP contribution in [0.3, 0.4) is 0 Å². The lowest BCUT2D eigenvalue weighted by molar-refractivity contribution is -0.136. The van der Waals surface area contributed by atoms with Crippen LogP contribution in [0.4, 0.5) is 0 Å². The van der Waals surface area contributed by atoms with Gasteiger partial charge in [-0.1, -0.05) is 6.92 Å². The summed E-state index contributed by atoms with van der Waals surface area (Å²) < 4.78 is 26.2. The van der Waals surface area contributed by atoms with E-state index in [1.807, 2.05) is 11.8 Å². The zero-order valence-corrected chi connectivity index (χ0v) is 14.9. The van der Waals surface area contributed by atoms with Gasteiger partial charge in [-0.05, 0) is 50.5 Å². The van der Waals surface area contributed by atoms with Crippen molar-refractivity contribution in [3.05, 3.63) is 0 Å². The van der Waals surface area contributed by atoms with Gasteiger partial charge < -0.3 is 10.2 Å². The van der Waals surface area contributed by atoms with Gasteiger partial charge in [0.05, 0.1) is 5.75 Å². The second-order valence-electron chi connectivity index (χ2n) is 7.34. The van der Waals surface area contributed by atoms with Crippen LogP contribution in [0, 0.1) is 5.41 Å². The van der Waals surface area contributed by atoms with Crippen LogP contribution in [0.5, 0.6) is 0 Å². The van der Waals surface area contributed by atoms with Crippen molar-refractivity contribution < 1.29 is 13.2 Å². The van der Waals surface area contributed by atoms with Gasteiger partial charge in [0.15, 0.2) is 0 Å². The molecule has 1 amide bonds. The topological polar surface area (TPSA) is 69.7 Å². The quantitative estimate of drug-likeness (QED) is 0.819. The van der Waals surface area contributed by atoms with E-state index in [1.165, 1.54) is 10.7 Å². The number of carbonyl (C=O) groups excluding carboxylic acids is 1. The first kappa shape index (κ1) is 17.2. The number of nitrogens with one attached hydrogen (secondary N) is 1. The highest BCUT2D eigenvalue weighted by Crippen LogP contribution is 2.37. The molecule has 6 nitrogen and oxygen atoms in total. The highest BCUT2D eigenvalue weighted by Gasteiger charge is 2.43. The Morgan fingerprint density at radius 1 is 1.22 bits per heavy atom. The number of carbonyl (C=O) groups is 1. The van der Waals surface area contributed by atoms with E-state index in [2.05, 4.69) is 5.32 Å². The minimum Gasteiger partial charge on any atom is -0.341 e. The number of hydrogen-bond acceptors (Lipinski definition) is 4. The van der Waals surface area contributed by atoms with E-state index in [0.717, 1.165) is 45.4 Å². The Kier molecular flexibility index (Phi) is 4.99. The van der Waals surface area contributed by atoms with E-state index in [4.69, 9.17) is 0 Å². The van der Waals surface area contributed by atoms with Crippen molar-refractivity contribution in [2.45, 2.75) is 51.5 Å². The summed E-state index contributed by atoms with van der Waals surface area (Å²) >= 11 is 0. The number of hydrogen-bond donors (Lipinski definition) is 1. The van der Waals surface area contributed by atoms with E-state index in [1.54, 1.807) is 0 Å². The molecule has 0 saturated carbocycles. The molecule has 23 heavy (non-hydrogen) atoms. The van der Waals surface area contributed by atoms with Crippen LogP contribution in [0.1, 0.15) is 45.4 Å². The number of amides is 1. The molecule has 0 aliphatic carbocycles. The van der Waals surface area contributed by atoms with Crippen LogP contribution < -0.4 is 5.32 Å². The zero-order chi connectivity index (χ0) is 16.5. The van der Waals surface area contributed by atoms with Gasteiger partial charge in [0.2, 0.25) is 15.9 Å². The lowest BCUT2D eigenvalue weighted by Crippen LogP contribution is -2.52. The third-order valence-corrected chi connectivity index (χ3v) is 7.85. The molecule has 0 aromatic rings. The molecule has 3 fully saturated rings. The Bertz CT molecular complexity index is 533. The molecule has 132 valence electrons. The highest BCUT2D eigenvalue weighted by molar-refractivity contribution is 7.89. The summed E-state index contributed by atoms with van der Waals surface area (Å²) in [6.45, 7) is 6.07. The van der Waals surface area contributed by atoms with E-state index < -0.39 is 16.1 Å². The number of nitrogens with zero attached hydrogens (tertiary/aromatic N) is 2. The van der Waals surface area contributed by atoms with Crippen molar-refractivity contribution in [1.82, 2.24) is 14.5 Å². The van der Waals surface area contributed by atoms with E-state index in [9.17, 15) is 13.2 Å². The van der Waals surface area contributed by atoms with Gasteiger partial charge in [0.25, 0.3) is 0 Å². The maximum Gasteiger partial charge on any atom is 0.241 e. The average molecular weight is 343 g/mol. The number of likely N-dealkylation sites (tertiary alicyclic amines) is 1. The smallest absolute Gasteiger partial charge is 0.241 e. The maximum absolute atomic E-state index is 12.9. The molecule has 3 saturated heterocycles. The fraction of sp³-hybridized carbons (Fsp3) is 0.938. The van der Waals surface area contributed by atoms with Crippen LogP contribution >= 0.6 is 0 Å². The van der Waals surface area contributed by atoms with Gasteiger partial charge in [-0.25, -0.2) is 8.42 Å². The standard InChI is InChI=1S/C16H29N3O3S/c1-2-12-23(21,22)19-9-3-4-14(19)15(20)18-10-6-16(7-11-18)5-8-17-13-16/h14,17H,2-13H2,1H3. The molecular weight excluding hydrogens is 314 g/mol. The predicted molar refractivity (Wildman–Crippen MR) is 89.5 cm³/mol. The molecule has 3 aliphatic heterocycles. The SMILES string of the molecule is CCCS(=O)(=O)N1CCCC1C(=O)N1CCC2(CCNC2)CC1. The van der Waals surface area contributed by atoms with Crippen LogP contribution in [0.2, 0.25) is 0 Å². The summed E-state index contributed by atoms with van der Waals surface area (Å²) in [5.41, 5.74) is 0.375. The molecule has 7 heteroatoms. The Balaban J connectivity index is 1.63. The normalized spacial score (nSPS) is 28.6. The Morgan fingerprint density at radius 2 is 1.96 bits per heavy atom. The Hall–Kier alpha value is -0.660. The summed E-state index contributed by atoms with van der Waals surface area (Å²) in [5.74, 6) is 0.175. The predicted octanol–water partition coefficient (Wildman–Crippen LogP) is 0.793. The second kappa shape index (κ2) is 6.69. The molecule has 0 bridgehead atoms. The van der Waals surface area contributed by atoms with E-state index in [0.29, 0.717) is 24.8 Å². The molecule has 3 heterocycles. The Morgan fingerprint density at radius 3 is 2.57 bits per heavy atom. The summed E-state index contributed by atoms with van der Waals surface area (Å²) in [7, 11) is -3.29. The van der Waals surface area contributed by atoms with Gasteiger partial charge in [-0.2, -0.15) is 4.31 Å². The number of piperidine rings is 1. The van der Waals surface area contributed by atoms with Gasteiger partial charge in [0, 0.05) is 26.2 Å². The van der Waals surface area contributed by atoms with Crippen molar-refractivity contribution in [3.63, 3.8) is 0 Å². The molecule has 1 spiro atoms. The third-order valence-electron chi connectivity index (χ3n) is 5.78. The first-order chi connectivity index (χ1) is 11.0. The second-order valence-corrected chi connectivity index (χ2v) is 9.38. The summed E-state index contributed by atoms with van der Waals surface area (Å²) in [6.07, 6.45) is 5.35. The largest absolute Gasteiger partial charge is 0.341 e. The van der Waals surface area contributed by atoms with Crippen molar-refractivity contribution >= 4 is 15.9 Å². The first-order valence-corrected chi connectivity index (χ1v) is 10.6. The van der Waals surface area contributed by atoms with Crippen LogP contribution in [-0.4, -0.2) is 68.0 Å². The fourth-order valence-corrected chi connectivity index (χ4v) is 6.07. The van der Waals surface area contributed by atoms with E-state index in [-0.39, 0.29) is 11.7 Å². The number of rotatable bonds is 4. The zero-order valence-electron chi connectivity index (χ0n) is 14.1. The molecule has 3 aliphatic rings. The lowest BCUT2D eigenvalue weighted by Gasteiger charge is -2.40. The summed E-state index contributed by atoms with van der Waals surface area (Å²) in [4.78, 5) is 14.8. The molecule has 1 N–H and O–H groups in total. The molecule has 1 atom stereocenters. The van der Waals surface area contributed by atoms with Gasteiger partial charge in [-0.15, -0.1) is 0 Å². The van der Waals surface area contributed by atoms with Crippen molar-refractivity contribution in [1.29, 1.82) is 0 Å². The summed E-state index contributed by atoms with van der Waals surface area (Å²) in [6, 6.07) is -0.456. The van der Waals surface area contributed by atoms with Gasteiger partial charge >= 0.3 is 0 Å². The Labute approximate surface area is 139 Å². The third kappa shape index (κ3) is 3.42. The molecule has 3 rings (SSSR count). The van der Waals surface area contributed by atoms with Crippen LogP contribution in [-0.2, 0) is 14.8 Å². The monoisotopic (exact) mass is 343 g/mol. The lowest BCUT2D eigenvalue weighted by atomic mass is 9.78. The number of sulfonamides is 1. The van der Waals surface area contributed by atoms with Crippen LogP contribution in [0.25, 0.3) is 0 Å². The maximum atomic E-state index is 12.9. The van der Waals surface area contributed by atoms with Crippen LogP contribution in [0.15, 0.2) is 0 Å². The molecule has 1 unspecified atom stereocenters. The van der Waals surface area contributed by atoms with Gasteiger partial charge in [0.1, 0.15) is 6.04 Å². The molecular formula is C16H29N3O3S. The van der Waals surface area contributed by atoms with Crippen molar-refractivity contribution in [2.75, 3.05) is 38.5 Å². The van der Waals surface area contributed by atoms with Gasteiger partial charge in [-0.3, -0.25) is 4.79 Å². The summed E-state index contributed by atoms with van der Waals surface area (Å²) in [5, 5.41) is 3.43.